The van der Waals surface area contributed by atoms with Gasteiger partial charge >= 0.3 is 7.12 Å². The summed E-state index contributed by atoms with van der Waals surface area (Å²) >= 11 is 0. The normalized spacial score (nSPS) is 16.4. The van der Waals surface area contributed by atoms with Crippen LogP contribution in [-0.2, 0) is 9.31 Å². The first kappa shape index (κ1) is 24.5. The minimum Gasteiger partial charge on any atom is -0.399 e. The number of rotatable bonds is 3. The molecule has 0 atom stereocenters. The summed E-state index contributed by atoms with van der Waals surface area (Å²) in [6.45, 7) is 8.41. The van der Waals surface area contributed by atoms with E-state index in [-0.39, 0.29) is 0 Å². The Morgan fingerprint density at radius 2 is 1.07 bits per heavy atom. The molecule has 0 spiro atoms. The van der Waals surface area contributed by atoms with Crippen LogP contribution in [0.15, 0.2) is 115 Å². The largest absolute Gasteiger partial charge is 0.494 e. The molecule has 5 heteroatoms. The molecular formula is C36H31BN2O2. The highest BCUT2D eigenvalue weighted by molar-refractivity contribution is 6.62. The maximum Gasteiger partial charge on any atom is 0.494 e. The molecule has 1 saturated heterocycles. The van der Waals surface area contributed by atoms with Gasteiger partial charge in [0, 0.05) is 32.9 Å². The van der Waals surface area contributed by atoms with E-state index in [4.69, 9.17) is 9.31 Å². The van der Waals surface area contributed by atoms with Gasteiger partial charge in [-0.3, -0.25) is 0 Å². The third-order valence-corrected chi connectivity index (χ3v) is 9.14. The van der Waals surface area contributed by atoms with Crippen LogP contribution < -0.4 is 5.46 Å². The molecule has 0 unspecified atom stereocenters. The average molecular weight is 534 g/mol. The fourth-order valence-electron chi connectivity index (χ4n) is 6.40. The van der Waals surface area contributed by atoms with Crippen molar-refractivity contribution in [1.82, 2.24) is 9.13 Å². The Bertz CT molecular complexity index is 2090. The topological polar surface area (TPSA) is 28.3 Å². The van der Waals surface area contributed by atoms with Crippen molar-refractivity contribution < 1.29 is 9.31 Å². The van der Waals surface area contributed by atoms with Gasteiger partial charge in [-0.1, -0.05) is 72.8 Å². The highest BCUT2D eigenvalue weighted by atomic mass is 16.7. The van der Waals surface area contributed by atoms with Crippen molar-refractivity contribution in [1.29, 1.82) is 0 Å². The van der Waals surface area contributed by atoms with E-state index in [9.17, 15) is 0 Å². The first-order valence-electron chi connectivity index (χ1n) is 14.3. The summed E-state index contributed by atoms with van der Waals surface area (Å²) in [7, 11) is -0.414. The molecular weight excluding hydrogens is 503 g/mol. The molecule has 1 aliphatic rings. The molecule has 0 bridgehead atoms. The van der Waals surface area contributed by atoms with Gasteiger partial charge < -0.3 is 18.4 Å². The Kier molecular flexibility index (Phi) is 5.13. The molecule has 7 aromatic rings. The fraction of sp³-hybridized carbons (Fsp3) is 0.167. The number of fused-ring (bicyclic) bond motifs is 7. The molecule has 4 nitrogen and oxygen atoms in total. The first-order chi connectivity index (χ1) is 19.8. The zero-order chi connectivity index (χ0) is 27.9. The van der Waals surface area contributed by atoms with Gasteiger partial charge in [0.05, 0.1) is 33.3 Å². The van der Waals surface area contributed by atoms with E-state index in [1.807, 2.05) is 0 Å². The summed E-state index contributed by atoms with van der Waals surface area (Å²) in [6.07, 6.45) is 0. The number of hydrogen-bond donors (Lipinski definition) is 0. The maximum atomic E-state index is 6.45. The second-order valence-electron chi connectivity index (χ2n) is 12.1. The lowest BCUT2D eigenvalue weighted by molar-refractivity contribution is 0.00578. The number of hydrogen-bond acceptors (Lipinski definition) is 2. The Labute approximate surface area is 239 Å². The predicted octanol–water partition coefficient (Wildman–Crippen LogP) is 8.18. The number of aromatic nitrogens is 2. The third-order valence-electron chi connectivity index (χ3n) is 9.14. The van der Waals surface area contributed by atoms with E-state index >= 15 is 0 Å². The summed E-state index contributed by atoms with van der Waals surface area (Å²) in [5, 5.41) is 4.89. The highest BCUT2D eigenvalue weighted by Gasteiger charge is 2.51. The molecule has 41 heavy (non-hydrogen) atoms. The fourth-order valence-corrected chi connectivity index (χ4v) is 6.40. The Balaban J connectivity index is 1.49. The average Bonchev–Trinajstić information content (AvgIpc) is 3.57. The third kappa shape index (κ3) is 3.49. The van der Waals surface area contributed by atoms with Crippen molar-refractivity contribution in [3.8, 4) is 11.4 Å². The van der Waals surface area contributed by atoms with Crippen molar-refractivity contribution in [2.45, 2.75) is 38.9 Å². The summed E-state index contributed by atoms with van der Waals surface area (Å²) in [4.78, 5) is 0. The van der Waals surface area contributed by atoms with Crippen LogP contribution in [0.1, 0.15) is 27.7 Å². The van der Waals surface area contributed by atoms with E-state index < -0.39 is 18.3 Å². The predicted molar refractivity (Wildman–Crippen MR) is 171 cm³/mol. The van der Waals surface area contributed by atoms with Gasteiger partial charge in [0.2, 0.25) is 0 Å². The number of nitrogens with zero attached hydrogens (tertiary/aromatic N) is 2. The van der Waals surface area contributed by atoms with Crippen molar-refractivity contribution in [3.63, 3.8) is 0 Å². The van der Waals surface area contributed by atoms with Gasteiger partial charge in [-0.2, -0.15) is 0 Å². The van der Waals surface area contributed by atoms with Gasteiger partial charge in [-0.05, 0) is 75.6 Å². The lowest BCUT2D eigenvalue weighted by atomic mass is 9.78. The zero-order valence-electron chi connectivity index (χ0n) is 23.8. The van der Waals surface area contributed by atoms with Crippen LogP contribution in [0.3, 0.4) is 0 Å². The molecule has 200 valence electrons. The lowest BCUT2D eigenvalue weighted by Gasteiger charge is -2.32. The quantitative estimate of drug-likeness (QED) is 0.214. The number of benzene rings is 5. The van der Waals surface area contributed by atoms with E-state index in [0.29, 0.717) is 0 Å². The van der Waals surface area contributed by atoms with Gasteiger partial charge in [0.25, 0.3) is 0 Å². The van der Waals surface area contributed by atoms with Crippen LogP contribution in [0.25, 0.3) is 55.0 Å². The summed E-state index contributed by atoms with van der Waals surface area (Å²) in [5.41, 5.74) is 7.31. The van der Waals surface area contributed by atoms with Crippen molar-refractivity contribution >= 4 is 56.2 Å². The van der Waals surface area contributed by atoms with Crippen LogP contribution in [0.5, 0.6) is 0 Å². The van der Waals surface area contributed by atoms with Gasteiger partial charge in [0.1, 0.15) is 0 Å². The molecule has 2 aromatic heterocycles. The molecule has 0 amide bonds. The summed E-state index contributed by atoms with van der Waals surface area (Å²) in [6, 6.07) is 41.3. The SMILES string of the molecule is CC1(C)OB(c2ccc3c(c2)c2ccc4c(c5ccccc5n4-c4ccccc4)c2n3-c2ccccc2)OC1(C)C. The second-order valence-corrected chi connectivity index (χ2v) is 12.1. The van der Waals surface area contributed by atoms with E-state index in [1.54, 1.807) is 0 Å². The maximum absolute atomic E-state index is 6.45. The minimum atomic E-state index is -0.414. The lowest BCUT2D eigenvalue weighted by Crippen LogP contribution is -2.41. The Morgan fingerprint density at radius 3 is 1.76 bits per heavy atom. The molecule has 5 aromatic carbocycles. The summed E-state index contributed by atoms with van der Waals surface area (Å²) in [5.74, 6) is 0. The molecule has 0 N–H and O–H groups in total. The molecule has 1 fully saturated rings. The molecule has 1 aliphatic heterocycles. The second kappa shape index (κ2) is 8.59. The standard InChI is InChI=1S/C36H31BN2O2/c1-35(2)36(3,4)41-37(40-35)24-19-21-31-29(23-24)27-20-22-32-33(34(27)39(31)26-15-9-6-10-16-26)28-17-11-12-18-30(28)38(32)25-13-7-5-8-14-25/h5-23H,1-4H3. The Hall–Kier alpha value is -4.32. The van der Waals surface area contributed by atoms with Crippen LogP contribution >= 0.6 is 0 Å². The van der Waals surface area contributed by atoms with Crippen LogP contribution in [0.2, 0.25) is 0 Å². The Morgan fingerprint density at radius 1 is 0.512 bits per heavy atom. The monoisotopic (exact) mass is 534 g/mol. The van der Waals surface area contributed by atoms with Crippen molar-refractivity contribution in [2.24, 2.45) is 0 Å². The highest BCUT2D eigenvalue weighted by Crippen LogP contribution is 2.42. The first-order valence-corrected chi connectivity index (χ1v) is 14.3. The molecule has 0 radical (unpaired) electrons. The van der Waals surface area contributed by atoms with E-state index in [1.165, 1.54) is 38.1 Å². The van der Waals surface area contributed by atoms with E-state index in [2.05, 4.69) is 152 Å². The van der Waals surface area contributed by atoms with Gasteiger partial charge in [0.15, 0.2) is 0 Å². The van der Waals surface area contributed by atoms with Gasteiger partial charge in [-0.15, -0.1) is 0 Å². The van der Waals surface area contributed by atoms with Crippen LogP contribution in [-0.4, -0.2) is 27.5 Å². The van der Waals surface area contributed by atoms with Crippen LogP contribution in [0.4, 0.5) is 0 Å². The zero-order valence-corrected chi connectivity index (χ0v) is 23.8. The minimum absolute atomic E-state index is 0.393. The molecule has 0 aliphatic carbocycles. The van der Waals surface area contributed by atoms with Crippen LogP contribution in [0, 0.1) is 0 Å². The smallest absolute Gasteiger partial charge is 0.399 e. The van der Waals surface area contributed by atoms with E-state index in [0.717, 1.165) is 22.4 Å². The molecule has 8 rings (SSSR count). The van der Waals surface area contributed by atoms with Crippen molar-refractivity contribution in [2.75, 3.05) is 0 Å². The molecule has 3 heterocycles. The molecule has 0 saturated carbocycles. The van der Waals surface area contributed by atoms with Gasteiger partial charge in [-0.25, -0.2) is 0 Å². The number of para-hydroxylation sites is 3. The van der Waals surface area contributed by atoms with Crippen molar-refractivity contribution in [3.05, 3.63) is 115 Å². The summed E-state index contributed by atoms with van der Waals surface area (Å²) < 4.78 is 17.7.